The molecule has 1 fully saturated rings. The van der Waals surface area contributed by atoms with Crippen molar-refractivity contribution in [2.45, 2.75) is 32.6 Å². The summed E-state index contributed by atoms with van der Waals surface area (Å²) in [7, 11) is 0. The summed E-state index contributed by atoms with van der Waals surface area (Å²) in [5, 5.41) is 9.04. The highest BCUT2D eigenvalue weighted by Crippen LogP contribution is 2.28. The molecule has 114 valence electrons. The molecule has 0 bridgehead atoms. The molecule has 1 atom stereocenters. The van der Waals surface area contributed by atoms with Crippen LogP contribution in [0, 0.1) is 11.8 Å². The minimum absolute atomic E-state index is 0.125. The maximum Gasteiger partial charge on any atom is 0.306 e. The van der Waals surface area contributed by atoms with Crippen molar-refractivity contribution in [2.75, 3.05) is 13.1 Å². The third kappa shape index (κ3) is 3.63. The molecule has 0 saturated carbocycles. The van der Waals surface area contributed by atoms with Crippen molar-refractivity contribution in [3.8, 4) is 0 Å². The van der Waals surface area contributed by atoms with Gasteiger partial charge >= 0.3 is 5.97 Å². The summed E-state index contributed by atoms with van der Waals surface area (Å²) in [4.78, 5) is 25.6. The molecule has 21 heavy (non-hydrogen) atoms. The monoisotopic (exact) mass is 289 g/mol. The highest BCUT2D eigenvalue weighted by atomic mass is 16.4. The topological polar surface area (TPSA) is 57.6 Å². The zero-order chi connectivity index (χ0) is 15.4. The Balaban J connectivity index is 2.09. The lowest BCUT2D eigenvalue weighted by molar-refractivity contribution is -0.146. The van der Waals surface area contributed by atoms with E-state index in [2.05, 4.69) is 13.8 Å². The number of amides is 1. The summed E-state index contributed by atoms with van der Waals surface area (Å²) >= 11 is 0. The molecule has 1 aliphatic rings. The normalized spacial score (nSPS) is 17.8. The number of benzene rings is 1. The Morgan fingerprint density at radius 1 is 1.14 bits per heavy atom. The van der Waals surface area contributed by atoms with Crippen molar-refractivity contribution in [3.63, 3.8) is 0 Å². The molecule has 1 aromatic carbocycles. The Morgan fingerprint density at radius 3 is 2.19 bits per heavy atom. The molecule has 0 aromatic heterocycles. The summed E-state index contributed by atoms with van der Waals surface area (Å²) in [5.41, 5.74) is 1.04. The van der Waals surface area contributed by atoms with Gasteiger partial charge in [-0.3, -0.25) is 9.59 Å². The minimum atomic E-state index is -0.745. The first kappa shape index (κ1) is 15.5. The molecule has 4 nitrogen and oxygen atoms in total. The van der Waals surface area contributed by atoms with Gasteiger partial charge in [0.1, 0.15) is 0 Å². The van der Waals surface area contributed by atoms with Gasteiger partial charge in [-0.1, -0.05) is 44.2 Å². The number of carbonyl (C=O) groups excluding carboxylic acids is 1. The number of nitrogens with zero attached hydrogens (tertiary/aromatic N) is 1. The average Bonchev–Trinajstić information content (AvgIpc) is 2.48. The number of hydrogen-bond donors (Lipinski definition) is 1. The van der Waals surface area contributed by atoms with Gasteiger partial charge in [0, 0.05) is 13.1 Å². The third-order valence-corrected chi connectivity index (χ3v) is 4.25. The minimum Gasteiger partial charge on any atom is -0.481 e. The average molecular weight is 289 g/mol. The molecule has 2 rings (SSSR count). The second-order valence-corrected chi connectivity index (χ2v) is 6.07. The van der Waals surface area contributed by atoms with Gasteiger partial charge in [0.15, 0.2) is 0 Å². The maximum absolute atomic E-state index is 12.8. The van der Waals surface area contributed by atoms with Crippen LogP contribution in [0.15, 0.2) is 30.3 Å². The van der Waals surface area contributed by atoms with E-state index in [-0.39, 0.29) is 23.7 Å². The molecule has 1 amide bonds. The summed E-state index contributed by atoms with van der Waals surface area (Å²) in [6, 6.07) is 9.84. The van der Waals surface area contributed by atoms with E-state index in [9.17, 15) is 9.59 Å². The fourth-order valence-corrected chi connectivity index (χ4v) is 3.02. The van der Waals surface area contributed by atoms with Gasteiger partial charge in [-0.25, -0.2) is 0 Å². The summed E-state index contributed by atoms with van der Waals surface area (Å²) in [6.07, 6.45) is 1.11. The van der Waals surface area contributed by atoms with Crippen LogP contribution in [0.25, 0.3) is 0 Å². The van der Waals surface area contributed by atoms with Crippen LogP contribution in [0.2, 0.25) is 0 Å². The largest absolute Gasteiger partial charge is 0.481 e. The molecule has 1 aromatic rings. The lowest BCUT2D eigenvalue weighted by Gasteiger charge is -2.34. The molecular weight excluding hydrogens is 266 g/mol. The SMILES string of the molecule is CC(C)C(C(=O)N1CCC(C(=O)O)CC1)c1ccccc1. The van der Waals surface area contributed by atoms with Gasteiger partial charge in [-0.2, -0.15) is 0 Å². The first-order valence-electron chi connectivity index (χ1n) is 7.57. The van der Waals surface area contributed by atoms with E-state index in [1.54, 1.807) is 0 Å². The molecule has 1 aliphatic heterocycles. The van der Waals surface area contributed by atoms with Crippen molar-refractivity contribution in [1.82, 2.24) is 4.90 Å². The summed E-state index contributed by atoms with van der Waals surface area (Å²) < 4.78 is 0. The molecule has 0 radical (unpaired) electrons. The van der Waals surface area contributed by atoms with E-state index in [1.807, 2.05) is 35.2 Å². The van der Waals surface area contributed by atoms with Crippen molar-refractivity contribution in [2.24, 2.45) is 11.8 Å². The van der Waals surface area contributed by atoms with Gasteiger partial charge in [0.25, 0.3) is 0 Å². The molecule has 4 heteroatoms. The van der Waals surface area contributed by atoms with Crippen LogP contribution in [0.1, 0.15) is 38.2 Å². The van der Waals surface area contributed by atoms with E-state index >= 15 is 0 Å². The van der Waals surface area contributed by atoms with E-state index in [0.29, 0.717) is 25.9 Å². The van der Waals surface area contributed by atoms with E-state index in [0.717, 1.165) is 5.56 Å². The Bertz CT molecular complexity index is 490. The zero-order valence-corrected chi connectivity index (χ0v) is 12.7. The van der Waals surface area contributed by atoms with E-state index in [4.69, 9.17) is 5.11 Å². The number of carbonyl (C=O) groups is 2. The number of carboxylic acids is 1. The van der Waals surface area contributed by atoms with Gasteiger partial charge in [-0.05, 0) is 24.3 Å². The predicted molar refractivity (Wildman–Crippen MR) is 81.0 cm³/mol. The number of carboxylic acid groups (broad SMARTS) is 1. The van der Waals surface area contributed by atoms with Crippen molar-refractivity contribution >= 4 is 11.9 Å². The van der Waals surface area contributed by atoms with Crippen LogP contribution < -0.4 is 0 Å². The highest BCUT2D eigenvalue weighted by Gasteiger charge is 2.32. The summed E-state index contributed by atoms with van der Waals surface area (Å²) in [6.45, 7) is 5.21. The summed E-state index contributed by atoms with van der Waals surface area (Å²) in [5.74, 6) is -0.849. The van der Waals surface area contributed by atoms with Crippen molar-refractivity contribution < 1.29 is 14.7 Å². The fraction of sp³-hybridized carbons (Fsp3) is 0.529. The van der Waals surface area contributed by atoms with Crippen molar-refractivity contribution in [3.05, 3.63) is 35.9 Å². The van der Waals surface area contributed by atoms with Gasteiger partial charge < -0.3 is 10.0 Å². The Morgan fingerprint density at radius 2 is 1.71 bits per heavy atom. The van der Waals surface area contributed by atoms with Crippen LogP contribution in [0.3, 0.4) is 0 Å². The first-order valence-corrected chi connectivity index (χ1v) is 7.57. The Hall–Kier alpha value is -1.84. The number of piperidine rings is 1. The Labute approximate surface area is 125 Å². The van der Waals surface area contributed by atoms with E-state index in [1.165, 1.54) is 0 Å². The molecule has 1 unspecified atom stereocenters. The fourth-order valence-electron chi connectivity index (χ4n) is 3.02. The van der Waals surface area contributed by atoms with Gasteiger partial charge in [0.05, 0.1) is 11.8 Å². The second-order valence-electron chi connectivity index (χ2n) is 6.07. The van der Waals surface area contributed by atoms with E-state index < -0.39 is 5.97 Å². The highest BCUT2D eigenvalue weighted by molar-refractivity contribution is 5.84. The molecule has 1 N–H and O–H groups in total. The maximum atomic E-state index is 12.8. The first-order chi connectivity index (χ1) is 10.0. The third-order valence-electron chi connectivity index (χ3n) is 4.25. The number of hydrogen-bond acceptors (Lipinski definition) is 2. The molecule has 0 spiro atoms. The molecular formula is C17H23NO3. The van der Waals surface area contributed by atoms with Crippen LogP contribution >= 0.6 is 0 Å². The smallest absolute Gasteiger partial charge is 0.306 e. The predicted octanol–water partition coefficient (Wildman–Crippen LogP) is 2.75. The number of likely N-dealkylation sites (tertiary alicyclic amines) is 1. The van der Waals surface area contributed by atoms with Crippen LogP contribution in [0.4, 0.5) is 0 Å². The standard InChI is InChI=1S/C17H23NO3/c1-12(2)15(13-6-4-3-5-7-13)16(19)18-10-8-14(9-11-18)17(20)21/h3-7,12,14-15H,8-11H2,1-2H3,(H,20,21). The Kier molecular flexibility index (Phi) is 4.99. The second kappa shape index (κ2) is 6.74. The van der Waals surface area contributed by atoms with Crippen LogP contribution in [-0.4, -0.2) is 35.0 Å². The van der Waals surface area contributed by atoms with Gasteiger partial charge in [-0.15, -0.1) is 0 Å². The van der Waals surface area contributed by atoms with Crippen molar-refractivity contribution in [1.29, 1.82) is 0 Å². The lowest BCUT2D eigenvalue weighted by atomic mass is 9.86. The quantitative estimate of drug-likeness (QED) is 0.927. The molecule has 1 saturated heterocycles. The lowest BCUT2D eigenvalue weighted by Crippen LogP contribution is -2.43. The number of rotatable bonds is 4. The zero-order valence-electron chi connectivity index (χ0n) is 12.7. The van der Waals surface area contributed by atoms with Crippen LogP contribution in [-0.2, 0) is 9.59 Å². The van der Waals surface area contributed by atoms with Crippen LogP contribution in [0.5, 0.6) is 0 Å². The number of aliphatic carboxylic acids is 1. The molecule has 1 heterocycles. The molecule has 0 aliphatic carbocycles. The van der Waals surface area contributed by atoms with Gasteiger partial charge in [0.2, 0.25) is 5.91 Å².